The number of hydrogen-bond acceptors (Lipinski definition) is 5. The van der Waals surface area contributed by atoms with Crippen LogP contribution in [0.2, 0.25) is 0 Å². The van der Waals surface area contributed by atoms with Gasteiger partial charge in [0.25, 0.3) is 0 Å². The average Bonchev–Trinajstić information content (AvgIpc) is 2.62. The Labute approximate surface area is 164 Å². The van der Waals surface area contributed by atoms with E-state index in [-0.39, 0.29) is 6.09 Å². The van der Waals surface area contributed by atoms with E-state index in [1.807, 2.05) is 20.8 Å². The molecule has 2 N–H and O–H groups in total. The highest BCUT2D eigenvalue weighted by atomic mass is 16.6. The van der Waals surface area contributed by atoms with Crippen molar-refractivity contribution in [1.82, 2.24) is 15.5 Å². The molecule has 0 saturated carbocycles. The van der Waals surface area contributed by atoms with Gasteiger partial charge in [0.1, 0.15) is 5.60 Å². The molecule has 0 atom stereocenters. The maximum Gasteiger partial charge on any atom is 0.410 e. The number of guanidine groups is 1. The Hall–Kier alpha value is -1.54. The number of amides is 1. The summed E-state index contributed by atoms with van der Waals surface area (Å²) in [5.41, 5.74) is -0.483. The molecule has 0 unspecified atom stereocenters. The predicted molar refractivity (Wildman–Crippen MR) is 107 cm³/mol. The first-order chi connectivity index (χ1) is 12.8. The zero-order valence-electron chi connectivity index (χ0n) is 17.7. The summed E-state index contributed by atoms with van der Waals surface area (Å²) in [5, 5.41) is 6.45. The number of nitrogens with one attached hydrogen (secondary N) is 2. The van der Waals surface area contributed by atoms with E-state index in [0.717, 1.165) is 58.2 Å². The first-order valence-corrected chi connectivity index (χ1v) is 9.86. The highest BCUT2D eigenvalue weighted by Gasteiger charge is 2.19. The van der Waals surface area contributed by atoms with Gasteiger partial charge in [-0.1, -0.05) is 0 Å². The number of hydrogen-bond donors (Lipinski definition) is 2. The zero-order chi connectivity index (χ0) is 20.1. The van der Waals surface area contributed by atoms with Gasteiger partial charge in [-0.25, -0.2) is 4.79 Å². The molecule has 27 heavy (non-hydrogen) atoms. The van der Waals surface area contributed by atoms with E-state index < -0.39 is 5.60 Å². The molecule has 8 nitrogen and oxygen atoms in total. The van der Waals surface area contributed by atoms with Gasteiger partial charge in [0.05, 0.1) is 0 Å². The maximum absolute atomic E-state index is 11.9. The summed E-state index contributed by atoms with van der Waals surface area (Å²) in [6.07, 6.45) is 2.80. The molecule has 0 aliphatic carbocycles. The minimum atomic E-state index is -0.483. The largest absolute Gasteiger partial charge is 0.444 e. The summed E-state index contributed by atoms with van der Waals surface area (Å²) in [7, 11) is 3.45. The summed E-state index contributed by atoms with van der Waals surface area (Å²) in [4.78, 5) is 17.6. The predicted octanol–water partition coefficient (Wildman–Crippen LogP) is 1.85. The fraction of sp³-hybridized carbons (Fsp3) is 0.895. The van der Waals surface area contributed by atoms with Crippen LogP contribution in [0.25, 0.3) is 0 Å². The molecule has 0 aromatic heterocycles. The lowest BCUT2D eigenvalue weighted by molar-refractivity contribution is 0.0203. The lowest BCUT2D eigenvalue weighted by Crippen LogP contribution is -2.43. The highest BCUT2D eigenvalue weighted by molar-refractivity contribution is 5.79. The summed E-state index contributed by atoms with van der Waals surface area (Å²) >= 11 is 0. The third kappa shape index (κ3) is 11.7. The molecule has 1 amide bonds. The topological polar surface area (TPSA) is 84.4 Å². The molecule has 0 spiro atoms. The van der Waals surface area contributed by atoms with Gasteiger partial charge in [-0.15, -0.1) is 0 Å². The second-order valence-electron chi connectivity index (χ2n) is 7.81. The Balaban J connectivity index is 2.06. The van der Waals surface area contributed by atoms with Crippen LogP contribution in [0, 0.1) is 5.92 Å². The molecule has 1 aliphatic heterocycles. The average molecular weight is 387 g/mol. The van der Waals surface area contributed by atoms with Crippen molar-refractivity contribution in [3.63, 3.8) is 0 Å². The van der Waals surface area contributed by atoms with E-state index in [1.54, 1.807) is 19.0 Å². The summed E-state index contributed by atoms with van der Waals surface area (Å²) in [5.74, 6) is 1.36. The third-order valence-corrected chi connectivity index (χ3v) is 4.12. The van der Waals surface area contributed by atoms with Crippen molar-refractivity contribution >= 4 is 12.1 Å². The molecular formula is C19H38N4O4. The SMILES string of the molecule is CN=C(NCCCOCC1CCOCC1)NCCN(C)C(=O)OC(C)(C)C. The normalized spacial score (nSPS) is 16.1. The van der Waals surface area contributed by atoms with Crippen molar-refractivity contribution < 1.29 is 19.0 Å². The van der Waals surface area contributed by atoms with Crippen LogP contribution in [-0.4, -0.2) is 82.7 Å². The number of carbonyl (C=O) groups is 1. The van der Waals surface area contributed by atoms with Crippen LogP contribution in [0.4, 0.5) is 4.79 Å². The second kappa shape index (κ2) is 12.8. The van der Waals surface area contributed by atoms with Crippen LogP contribution < -0.4 is 10.6 Å². The van der Waals surface area contributed by atoms with E-state index in [4.69, 9.17) is 14.2 Å². The van der Waals surface area contributed by atoms with Crippen molar-refractivity contribution in [3.8, 4) is 0 Å². The van der Waals surface area contributed by atoms with Crippen molar-refractivity contribution in [1.29, 1.82) is 0 Å². The second-order valence-corrected chi connectivity index (χ2v) is 7.81. The van der Waals surface area contributed by atoms with Crippen molar-refractivity contribution in [2.75, 3.05) is 60.2 Å². The first-order valence-electron chi connectivity index (χ1n) is 9.86. The number of rotatable bonds is 9. The Morgan fingerprint density at radius 1 is 1.22 bits per heavy atom. The monoisotopic (exact) mass is 386 g/mol. The summed E-state index contributed by atoms with van der Waals surface area (Å²) in [6.45, 7) is 10.8. The fourth-order valence-corrected chi connectivity index (χ4v) is 2.54. The minimum absolute atomic E-state index is 0.325. The molecular weight excluding hydrogens is 348 g/mol. The zero-order valence-corrected chi connectivity index (χ0v) is 17.7. The first kappa shape index (κ1) is 23.5. The molecule has 1 aliphatic rings. The van der Waals surface area contributed by atoms with Gasteiger partial charge < -0.3 is 29.7 Å². The lowest BCUT2D eigenvalue weighted by atomic mass is 10.0. The van der Waals surface area contributed by atoms with Crippen LogP contribution in [0.5, 0.6) is 0 Å². The van der Waals surface area contributed by atoms with E-state index in [2.05, 4.69) is 15.6 Å². The molecule has 1 saturated heterocycles. The number of likely N-dealkylation sites (N-methyl/N-ethyl adjacent to an activating group) is 1. The van der Waals surface area contributed by atoms with E-state index >= 15 is 0 Å². The molecule has 0 bridgehead atoms. The van der Waals surface area contributed by atoms with Gasteiger partial charge in [0.15, 0.2) is 5.96 Å². The number of aliphatic imine (C=N–C) groups is 1. The lowest BCUT2D eigenvalue weighted by Gasteiger charge is -2.25. The molecule has 0 radical (unpaired) electrons. The molecule has 1 fully saturated rings. The molecule has 1 rings (SSSR count). The van der Waals surface area contributed by atoms with E-state index in [1.165, 1.54) is 0 Å². The van der Waals surface area contributed by atoms with Crippen LogP contribution in [-0.2, 0) is 14.2 Å². The summed E-state index contributed by atoms with van der Waals surface area (Å²) < 4.78 is 16.4. The van der Waals surface area contributed by atoms with Crippen molar-refractivity contribution in [2.24, 2.45) is 10.9 Å². The quantitative estimate of drug-likeness (QED) is 0.357. The minimum Gasteiger partial charge on any atom is -0.444 e. The van der Waals surface area contributed by atoms with Crippen LogP contribution >= 0.6 is 0 Å². The van der Waals surface area contributed by atoms with Crippen molar-refractivity contribution in [3.05, 3.63) is 0 Å². The van der Waals surface area contributed by atoms with Crippen LogP contribution in [0.1, 0.15) is 40.0 Å². The van der Waals surface area contributed by atoms with Gasteiger partial charge in [-0.05, 0) is 46.0 Å². The van der Waals surface area contributed by atoms with Gasteiger partial charge in [0, 0.05) is 60.2 Å². The Morgan fingerprint density at radius 2 is 1.89 bits per heavy atom. The number of ether oxygens (including phenoxy) is 3. The number of carbonyl (C=O) groups excluding carboxylic acids is 1. The Kier molecular flexibility index (Phi) is 11.1. The van der Waals surface area contributed by atoms with E-state index in [0.29, 0.717) is 19.0 Å². The smallest absolute Gasteiger partial charge is 0.410 e. The third-order valence-electron chi connectivity index (χ3n) is 4.12. The summed E-state index contributed by atoms with van der Waals surface area (Å²) in [6, 6.07) is 0. The van der Waals surface area contributed by atoms with Gasteiger partial charge in [-0.2, -0.15) is 0 Å². The van der Waals surface area contributed by atoms with Gasteiger partial charge >= 0.3 is 6.09 Å². The standard InChI is InChI=1S/C19H38N4O4/c1-19(2,3)27-18(24)23(5)11-10-22-17(20-4)21-9-6-12-26-15-16-7-13-25-14-8-16/h16H,6-15H2,1-5H3,(H2,20,21,22). The van der Waals surface area contributed by atoms with Crippen LogP contribution in [0.3, 0.4) is 0 Å². The Bertz CT molecular complexity index is 445. The fourth-order valence-electron chi connectivity index (χ4n) is 2.54. The molecule has 8 heteroatoms. The maximum atomic E-state index is 11.9. The Morgan fingerprint density at radius 3 is 2.52 bits per heavy atom. The molecule has 1 heterocycles. The van der Waals surface area contributed by atoms with Gasteiger partial charge in [-0.3, -0.25) is 4.99 Å². The number of nitrogens with zero attached hydrogens (tertiary/aromatic N) is 2. The van der Waals surface area contributed by atoms with Gasteiger partial charge in [0.2, 0.25) is 0 Å². The molecule has 0 aromatic carbocycles. The highest BCUT2D eigenvalue weighted by Crippen LogP contribution is 2.14. The van der Waals surface area contributed by atoms with E-state index in [9.17, 15) is 4.79 Å². The van der Waals surface area contributed by atoms with Crippen molar-refractivity contribution in [2.45, 2.75) is 45.6 Å². The molecule has 0 aromatic rings. The van der Waals surface area contributed by atoms with Crippen LogP contribution in [0.15, 0.2) is 4.99 Å². The molecule has 158 valence electrons.